The van der Waals surface area contributed by atoms with Crippen molar-refractivity contribution in [3.05, 3.63) is 34.9 Å². The SMILES string of the molecule is CCOC(=O)CCC(=O)NC(C)c1cccc(Cl)c1. The Bertz CT molecular complexity index is 448. The highest BCUT2D eigenvalue weighted by atomic mass is 35.5. The molecule has 5 heteroatoms. The molecule has 1 N–H and O–H groups in total. The lowest BCUT2D eigenvalue weighted by Crippen LogP contribution is -2.27. The van der Waals surface area contributed by atoms with E-state index in [1.807, 2.05) is 19.1 Å². The third kappa shape index (κ3) is 5.75. The molecule has 0 saturated carbocycles. The van der Waals surface area contributed by atoms with E-state index in [4.69, 9.17) is 16.3 Å². The zero-order valence-electron chi connectivity index (χ0n) is 11.1. The monoisotopic (exact) mass is 283 g/mol. The van der Waals surface area contributed by atoms with Crippen LogP contribution in [0.4, 0.5) is 0 Å². The number of nitrogens with one attached hydrogen (secondary N) is 1. The van der Waals surface area contributed by atoms with Crippen LogP contribution in [0.5, 0.6) is 0 Å². The molecule has 0 saturated heterocycles. The van der Waals surface area contributed by atoms with Crippen LogP contribution in [0.2, 0.25) is 5.02 Å². The van der Waals surface area contributed by atoms with E-state index in [-0.39, 0.29) is 30.8 Å². The van der Waals surface area contributed by atoms with Gasteiger partial charge in [-0.15, -0.1) is 0 Å². The second-order valence-corrected chi connectivity index (χ2v) is 4.59. The van der Waals surface area contributed by atoms with Gasteiger partial charge in [0.2, 0.25) is 5.91 Å². The van der Waals surface area contributed by atoms with Crippen LogP contribution in [0, 0.1) is 0 Å². The predicted molar refractivity (Wildman–Crippen MR) is 73.9 cm³/mol. The second-order valence-electron chi connectivity index (χ2n) is 4.15. The third-order valence-electron chi connectivity index (χ3n) is 2.59. The lowest BCUT2D eigenvalue weighted by molar-refractivity contribution is -0.144. The van der Waals surface area contributed by atoms with Crippen molar-refractivity contribution in [1.29, 1.82) is 0 Å². The van der Waals surface area contributed by atoms with Gasteiger partial charge < -0.3 is 10.1 Å². The molecule has 0 fully saturated rings. The van der Waals surface area contributed by atoms with Crippen molar-refractivity contribution in [1.82, 2.24) is 5.32 Å². The van der Waals surface area contributed by atoms with Crippen LogP contribution in [0.15, 0.2) is 24.3 Å². The lowest BCUT2D eigenvalue weighted by atomic mass is 10.1. The Morgan fingerprint density at radius 2 is 2.11 bits per heavy atom. The molecule has 0 bridgehead atoms. The molecule has 19 heavy (non-hydrogen) atoms. The van der Waals surface area contributed by atoms with Crippen molar-refractivity contribution in [3.8, 4) is 0 Å². The maximum Gasteiger partial charge on any atom is 0.306 e. The van der Waals surface area contributed by atoms with Gasteiger partial charge in [0.05, 0.1) is 19.1 Å². The molecule has 0 aliphatic heterocycles. The van der Waals surface area contributed by atoms with Crippen LogP contribution < -0.4 is 5.32 Å². The van der Waals surface area contributed by atoms with Crippen LogP contribution >= 0.6 is 11.6 Å². The molecule has 0 spiro atoms. The topological polar surface area (TPSA) is 55.4 Å². The maximum absolute atomic E-state index is 11.7. The van der Waals surface area contributed by atoms with Crippen LogP contribution in [-0.2, 0) is 14.3 Å². The first-order valence-corrected chi connectivity index (χ1v) is 6.61. The minimum absolute atomic E-state index is 0.0991. The summed E-state index contributed by atoms with van der Waals surface area (Å²) in [5.74, 6) is -0.534. The Morgan fingerprint density at radius 1 is 1.37 bits per heavy atom. The number of hydrogen-bond acceptors (Lipinski definition) is 3. The molecule has 1 rings (SSSR count). The minimum atomic E-state index is -0.354. The van der Waals surface area contributed by atoms with E-state index >= 15 is 0 Å². The molecule has 0 heterocycles. The summed E-state index contributed by atoms with van der Waals surface area (Å²) in [4.78, 5) is 22.8. The van der Waals surface area contributed by atoms with Crippen molar-refractivity contribution < 1.29 is 14.3 Å². The molecule has 0 aliphatic carbocycles. The summed E-state index contributed by atoms with van der Waals surface area (Å²) in [5, 5.41) is 3.45. The first-order chi connectivity index (χ1) is 9.02. The Hall–Kier alpha value is -1.55. The average Bonchev–Trinajstić information content (AvgIpc) is 2.36. The highest BCUT2D eigenvalue weighted by Crippen LogP contribution is 2.17. The summed E-state index contributed by atoms with van der Waals surface area (Å²) >= 11 is 5.89. The Morgan fingerprint density at radius 3 is 2.74 bits per heavy atom. The van der Waals surface area contributed by atoms with Gasteiger partial charge >= 0.3 is 5.97 Å². The second kappa shape index (κ2) is 7.79. The van der Waals surface area contributed by atoms with Crippen LogP contribution in [-0.4, -0.2) is 18.5 Å². The first-order valence-electron chi connectivity index (χ1n) is 6.23. The van der Waals surface area contributed by atoms with Gasteiger partial charge in [0.1, 0.15) is 0 Å². The first kappa shape index (κ1) is 15.5. The van der Waals surface area contributed by atoms with E-state index in [0.717, 1.165) is 5.56 Å². The molecule has 1 unspecified atom stereocenters. The van der Waals surface area contributed by atoms with E-state index in [1.165, 1.54) is 0 Å². The summed E-state index contributed by atoms with van der Waals surface area (Å²) in [7, 11) is 0. The number of ether oxygens (including phenoxy) is 1. The average molecular weight is 284 g/mol. The molecule has 1 amide bonds. The Balaban J connectivity index is 2.42. The fourth-order valence-electron chi connectivity index (χ4n) is 1.62. The molecule has 4 nitrogen and oxygen atoms in total. The van der Waals surface area contributed by atoms with Crippen molar-refractivity contribution >= 4 is 23.5 Å². The molecule has 0 aromatic heterocycles. The molecule has 1 atom stereocenters. The predicted octanol–water partition coefficient (Wildman–Crippen LogP) is 2.86. The molecule has 104 valence electrons. The van der Waals surface area contributed by atoms with Gasteiger partial charge in [-0.3, -0.25) is 9.59 Å². The van der Waals surface area contributed by atoms with Gasteiger partial charge in [-0.05, 0) is 31.5 Å². The van der Waals surface area contributed by atoms with Gasteiger partial charge in [0.25, 0.3) is 0 Å². The highest BCUT2D eigenvalue weighted by Gasteiger charge is 2.11. The summed E-state index contributed by atoms with van der Waals surface area (Å²) in [6, 6.07) is 7.16. The van der Waals surface area contributed by atoms with Crippen LogP contribution in [0.1, 0.15) is 38.3 Å². The smallest absolute Gasteiger partial charge is 0.306 e. The normalized spacial score (nSPS) is 11.7. The fraction of sp³-hybridized carbons (Fsp3) is 0.429. The van der Waals surface area contributed by atoms with Gasteiger partial charge in [-0.25, -0.2) is 0 Å². The molecule has 1 aromatic rings. The summed E-state index contributed by atoms with van der Waals surface area (Å²) in [5.41, 5.74) is 0.928. The van der Waals surface area contributed by atoms with Crippen molar-refractivity contribution in [2.24, 2.45) is 0 Å². The number of benzene rings is 1. The number of rotatable bonds is 6. The van der Waals surface area contributed by atoms with Gasteiger partial charge in [-0.1, -0.05) is 23.7 Å². The van der Waals surface area contributed by atoms with E-state index in [0.29, 0.717) is 11.6 Å². The minimum Gasteiger partial charge on any atom is -0.466 e. The fourth-order valence-corrected chi connectivity index (χ4v) is 1.82. The van der Waals surface area contributed by atoms with Gasteiger partial charge in [0, 0.05) is 11.4 Å². The highest BCUT2D eigenvalue weighted by molar-refractivity contribution is 6.30. The van der Waals surface area contributed by atoms with Gasteiger partial charge in [-0.2, -0.15) is 0 Å². The molecule has 0 radical (unpaired) electrons. The molecule has 1 aromatic carbocycles. The van der Waals surface area contributed by atoms with E-state index in [1.54, 1.807) is 19.1 Å². The molecular weight excluding hydrogens is 266 g/mol. The summed E-state index contributed by atoms with van der Waals surface area (Å²) < 4.78 is 4.76. The van der Waals surface area contributed by atoms with E-state index in [9.17, 15) is 9.59 Å². The summed E-state index contributed by atoms with van der Waals surface area (Å²) in [6.07, 6.45) is 0.228. The van der Waals surface area contributed by atoms with Crippen LogP contribution in [0.3, 0.4) is 0 Å². The zero-order chi connectivity index (χ0) is 14.3. The number of halogens is 1. The quantitative estimate of drug-likeness (QED) is 0.817. The van der Waals surface area contributed by atoms with Crippen molar-refractivity contribution in [3.63, 3.8) is 0 Å². The lowest BCUT2D eigenvalue weighted by Gasteiger charge is -2.14. The standard InChI is InChI=1S/C14H18ClNO3/c1-3-19-14(18)8-7-13(17)16-10(2)11-5-4-6-12(15)9-11/h4-6,9-10H,3,7-8H2,1-2H3,(H,16,17). The van der Waals surface area contributed by atoms with Gasteiger partial charge in [0.15, 0.2) is 0 Å². The maximum atomic E-state index is 11.7. The molecule has 0 aliphatic rings. The number of carbonyl (C=O) groups excluding carboxylic acids is 2. The number of amides is 1. The Kier molecular flexibility index (Phi) is 6.36. The largest absolute Gasteiger partial charge is 0.466 e. The van der Waals surface area contributed by atoms with Crippen molar-refractivity contribution in [2.75, 3.05) is 6.61 Å². The number of esters is 1. The molecular formula is C14H18ClNO3. The van der Waals surface area contributed by atoms with E-state index in [2.05, 4.69) is 5.32 Å². The number of carbonyl (C=O) groups is 2. The zero-order valence-corrected chi connectivity index (χ0v) is 11.9. The van der Waals surface area contributed by atoms with E-state index < -0.39 is 0 Å². The Labute approximate surface area is 118 Å². The summed E-state index contributed by atoms with van der Waals surface area (Å²) in [6.45, 7) is 3.94. The number of hydrogen-bond donors (Lipinski definition) is 1. The van der Waals surface area contributed by atoms with Crippen molar-refractivity contribution in [2.45, 2.75) is 32.7 Å². The third-order valence-corrected chi connectivity index (χ3v) is 2.82. The van der Waals surface area contributed by atoms with Crippen LogP contribution in [0.25, 0.3) is 0 Å².